The molecule has 2 N–H and O–H groups in total. The molecule has 128 valence electrons. The van der Waals surface area contributed by atoms with Gasteiger partial charge in [-0.3, -0.25) is 0 Å². The number of carbonyl (C=O) groups is 2. The summed E-state index contributed by atoms with van der Waals surface area (Å²) >= 11 is 3.29. The van der Waals surface area contributed by atoms with Gasteiger partial charge in [0.1, 0.15) is 5.03 Å². The Balaban J connectivity index is 0.000000277. The van der Waals surface area contributed by atoms with Gasteiger partial charge in [-0.1, -0.05) is 6.92 Å². The first-order valence-corrected chi connectivity index (χ1v) is 9.38. The van der Waals surface area contributed by atoms with E-state index in [1.807, 2.05) is 11.8 Å². The average molecular weight is 359 g/mol. The number of thioether (sulfide) groups is 1. The molecular weight excluding hydrogens is 338 g/mol. The van der Waals surface area contributed by atoms with E-state index in [-0.39, 0.29) is 0 Å². The molecule has 1 aromatic heterocycles. The molecule has 2 aliphatic rings. The van der Waals surface area contributed by atoms with Gasteiger partial charge in [0.05, 0.1) is 17.4 Å². The van der Waals surface area contributed by atoms with Crippen LogP contribution in [-0.2, 0) is 9.59 Å². The summed E-state index contributed by atoms with van der Waals surface area (Å²) < 4.78 is 9.08. The predicted octanol–water partition coefficient (Wildman–Crippen LogP) is 2.00. The van der Waals surface area contributed by atoms with Crippen LogP contribution in [0.25, 0.3) is 0 Å². The Bertz CT molecular complexity index is 540. The Hall–Kier alpha value is -1.19. The van der Waals surface area contributed by atoms with Gasteiger partial charge in [-0.15, -0.1) is 11.8 Å². The van der Waals surface area contributed by atoms with Gasteiger partial charge in [0.15, 0.2) is 0 Å². The van der Waals surface area contributed by atoms with Gasteiger partial charge >= 0.3 is 11.9 Å². The molecule has 3 atom stereocenters. The largest absolute Gasteiger partial charge is 0.473 e. The second kappa shape index (κ2) is 8.60. The highest BCUT2D eigenvalue weighted by Crippen LogP contribution is 2.41. The Kier molecular flexibility index (Phi) is 6.79. The molecule has 3 heterocycles. The van der Waals surface area contributed by atoms with Gasteiger partial charge in [-0.2, -0.15) is 8.75 Å². The molecule has 0 amide bonds. The second-order valence-corrected chi connectivity index (χ2v) is 7.29. The van der Waals surface area contributed by atoms with Crippen molar-refractivity contribution in [2.75, 3.05) is 25.4 Å². The molecule has 0 spiro atoms. The lowest BCUT2D eigenvalue weighted by atomic mass is 9.89. The first kappa shape index (κ1) is 18.2. The van der Waals surface area contributed by atoms with Crippen LogP contribution in [0.5, 0.6) is 0 Å². The maximum Gasteiger partial charge on any atom is 0.414 e. The van der Waals surface area contributed by atoms with Crippen LogP contribution in [0.3, 0.4) is 0 Å². The number of rotatable bonds is 4. The van der Waals surface area contributed by atoms with E-state index in [0.717, 1.165) is 5.92 Å². The lowest BCUT2D eigenvalue weighted by Crippen LogP contribution is -2.25. The van der Waals surface area contributed by atoms with Crippen molar-refractivity contribution in [3.05, 3.63) is 5.69 Å². The summed E-state index contributed by atoms with van der Waals surface area (Å²) in [7, 11) is 0. The molecule has 0 radical (unpaired) electrons. The van der Waals surface area contributed by atoms with Crippen LogP contribution in [0.2, 0.25) is 0 Å². The summed E-state index contributed by atoms with van der Waals surface area (Å²) in [4.78, 5) is 20.8. The van der Waals surface area contributed by atoms with Crippen LogP contribution >= 0.6 is 23.5 Å². The monoisotopic (exact) mass is 359 g/mol. The molecule has 1 aromatic rings. The molecule has 2 saturated heterocycles. The van der Waals surface area contributed by atoms with Crippen molar-refractivity contribution in [3.8, 4) is 0 Å². The number of hydrogen-bond donors (Lipinski definition) is 2. The maximum atomic E-state index is 9.10. The van der Waals surface area contributed by atoms with E-state index in [1.165, 1.54) is 67.1 Å². The second-order valence-electron chi connectivity index (χ2n) is 5.68. The van der Waals surface area contributed by atoms with E-state index in [2.05, 4.69) is 20.6 Å². The van der Waals surface area contributed by atoms with Crippen LogP contribution in [0.4, 0.5) is 0 Å². The third-order valence-electron chi connectivity index (χ3n) is 4.02. The fourth-order valence-corrected chi connectivity index (χ4v) is 4.66. The van der Waals surface area contributed by atoms with Crippen molar-refractivity contribution in [2.45, 2.75) is 37.1 Å². The molecule has 3 unspecified atom stereocenters. The third-order valence-corrected chi connectivity index (χ3v) is 5.87. The lowest BCUT2D eigenvalue weighted by molar-refractivity contribution is -0.159. The Labute approximate surface area is 143 Å². The minimum absolute atomic E-state index is 0.663. The highest BCUT2D eigenvalue weighted by molar-refractivity contribution is 7.99. The Morgan fingerprint density at radius 1 is 1.30 bits per heavy atom. The molecule has 9 heteroatoms. The SMILES string of the molecule is CCCSc1nsnc1C1CN2CCCC1C2.O=C(O)C(=O)O. The van der Waals surface area contributed by atoms with Gasteiger partial charge in [-0.05, 0) is 37.5 Å². The molecular formula is C14H21N3O4S2. The van der Waals surface area contributed by atoms with Crippen LogP contribution < -0.4 is 0 Å². The van der Waals surface area contributed by atoms with Crippen LogP contribution in [-0.4, -0.2) is 61.2 Å². The predicted molar refractivity (Wildman–Crippen MR) is 88.1 cm³/mol. The van der Waals surface area contributed by atoms with E-state index < -0.39 is 11.9 Å². The number of nitrogens with zero attached hydrogens (tertiary/aromatic N) is 3. The minimum atomic E-state index is -1.82. The summed E-state index contributed by atoms with van der Waals surface area (Å²) in [6.45, 7) is 6.03. The Morgan fingerprint density at radius 3 is 2.65 bits per heavy atom. The van der Waals surface area contributed by atoms with Gasteiger partial charge in [0.2, 0.25) is 0 Å². The highest BCUT2D eigenvalue weighted by atomic mass is 32.2. The zero-order valence-electron chi connectivity index (χ0n) is 13.0. The normalized spacial score (nSPS) is 25.5. The van der Waals surface area contributed by atoms with Crippen molar-refractivity contribution in [3.63, 3.8) is 0 Å². The lowest BCUT2D eigenvalue weighted by Gasteiger charge is -2.21. The summed E-state index contributed by atoms with van der Waals surface area (Å²) in [6, 6.07) is 0. The van der Waals surface area contributed by atoms with Crippen molar-refractivity contribution in [1.29, 1.82) is 0 Å². The number of hydrogen-bond acceptors (Lipinski definition) is 7. The number of aliphatic carboxylic acids is 2. The number of carboxylic acids is 2. The molecule has 23 heavy (non-hydrogen) atoms. The fraction of sp³-hybridized carbons (Fsp3) is 0.714. The number of carboxylic acid groups (broad SMARTS) is 2. The number of piperidine rings is 1. The summed E-state index contributed by atoms with van der Waals surface area (Å²) in [5, 5.41) is 16.0. The van der Waals surface area contributed by atoms with Gasteiger partial charge < -0.3 is 15.1 Å². The zero-order valence-corrected chi connectivity index (χ0v) is 14.6. The van der Waals surface area contributed by atoms with Crippen LogP contribution in [0.15, 0.2) is 5.03 Å². The summed E-state index contributed by atoms with van der Waals surface area (Å²) in [5.74, 6) is -0.978. The molecule has 3 rings (SSSR count). The number of fused-ring (bicyclic) bond motifs is 2. The quantitative estimate of drug-likeness (QED) is 0.621. The van der Waals surface area contributed by atoms with E-state index >= 15 is 0 Å². The van der Waals surface area contributed by atoms with Gasteiger partial charge in [0.25, 0.3) is 0 Å². The van der Waals surface area contributed by atoms with E-state index in [1.54, 1.807) is 0 Å². The highest BCUT2D eigenvalue weighted by Gasteiger charge is 2.38. The molecule has 0 saturated carbocycles. The molecule has 0 aromatic carbocycles. The fourth-order valence-electron chi connectivity index (χ4n) is 3.04. The smallest absolute Gasteiger partial charge is 0.414 e. The van der Waals surface area contributed by atoms with Crippen molar-refractivity contribution < 1.29 is 19.8 Å². The van der Waals surface area contributed by atoms with E-state index in [9.17, 15) is 0 Å². The first-order chi connectivity index (χ1) is 11.0. The topological polar surface area (TPSA) is 104 Å². The molecule has 7 nitrogen and oxygen atoms in total. The van der Waals surface area contributed by atoms with Crippen LogP contribution in [0, 0.1) is 5.92 Å². The van der Waals surface area contributed by atoms with Crippen molar-refractivity contribution in [1.82, 2.24) is 13.6 Å². The molecule has 2 bridgehead atoms. The standard InChI is InChI=1S/C12H19N3S2.C2H2O4/c1-2-6-16-12-11(13-17-14-12)10-8-15-5-3-4-9(10)7-15;3-1(4)2(5)6/h9-10H,2-8H2,1H3;(H,3,4)(H,5,6). The molecule has 2 aliphatic heterocycles. The minimum Gasteiger partial charge on any atom is -0.473 e. The van der Waals surface area contributed by atoms with E-state index in [4.69, 9.17) is 19.8 Å². The molecule has 0 aliphatic carbocycles. The van der Waals surface area contributed by atoms with Gasteiger partial charge in [-0.25, -0.2) is 9.59 Å². The van der Waals surface area contributed by atoms with Crippen LogP contribution in [0.1, 0.15) is 37.8 Å². The summed E-state index contributed by atoms with van der Waals surface area (Å²) in [5.41, 5.74) is 1.31. The van der Waals surface area contributed by atoms with E-state index in [0.29, 0.717) is 5.92 Å². The third kappa shape index (κ3) is 4.89. The Morgan fingerprint density at radius 2 is 2.04 bits per heavy atom. The molecule has 2 fully saturated rings. The van der Waals surface area contributed by atoms with Gasteiger partial charge in [0, 0.05) is 19.0 Å². The zero-order chi connectivity index (χ0) is 16.8. The first-order valence-electron chi connectivity index (χ1n) is 7.66. The maximum absolute atomic E-state index is 9.10. The van der Waals surface area contributed by atoms with Crippen molar-refractivity contribution >= 4 is 35.4 Å². The van der Waals surface area contributed by atoms with Crippen molar-refractivity contribution in [2.24, 2.45) is 5.92 Å². The summed E-state index contributed by atoms with van der Waals surface area (Å²) in [6.07, 6.45) is 3.97. The average Bonchev–Trinajstić information content (AvgIpc) is 3.09. The number of aromatic nitrogens is 2.